The zero-order valence-electron chi connectivity index (χ0n) is 15.8. The summed E-state index contributed by atoms with van der Waals surface area (Å²) in [5, 5.41) is 3.91. The molecule has 10 heteroatoms. The zero-order chi connectivity index (χ0) is 20.6. The SMILES string of the molecule is C=CC(=O)OCCOC(=O)CCC1=NC(c2cccc(-c3noc(C)n3)c2)NO1. The van der Waals surface area contributed by atoms with Gasteiger partial charge in [-0.2, -0.15) is 4.98 Å². The molecule has 0 spiro atoms. The summed E-state index contributed by atoms with van der Waals surface area (Å²) in [5.41, 5.74) is 4.46. The van der Waals surface area contributed by atoms with Crippen molar-refractivity contribution in [2.45, 2.75) is 25.9 Å². The summed E-state index contributed by atoms with van der Waals surface area (Å²) in [7, 11) is 0. The Hall–Kier alpha value is -3.53. The largest absolute Gasteiger partial charge is 0.462 e. The van der Waals surface area contributed by atoms with Crippen LogP contribution in [0.15, 0.2) is 46.4 Å². The lowest BCUT2D eigenvalue weighted by atomic mass is 10.1. The molecular formula is C19H20N4O6. The van der Waals surface area contributed by atoms with E-state index in [1.165, 1.54) is 0 Å². The second kappa shape index (κ2) is 9.60. The molecule has 2 heterocycles. The number of ether oxygens (including phenoxy) is 2. The van der Waals surface area contributed by atoms with E-state index in [1.54, 1.807) is 6.92 Å². The Bertz CT molecular complexity index is 923. The van der Waals surface area contributed by atoms with Gasteiger partial charge >= 0.3 is 11.9 Å². The van der Waals surface area contributed by atoms with Gasteiger partial charge in [0.15, 0.2) is 6.17 Å². The van der Waals surface area contributed by atoms with Crippen LogP contribution in [0.3, 0.4) is 0 Å². The van der Waals surface area contributed by atoms with E-state index < -0.39 is 18.1 Å². The number of nitrogens with one attached hydrogen (secondary N) is 1. The number of aliphatic imine (C=N–C) groups is 1. The lowest BCUT2D eigenvalue weighted by Crippen LogP contribution is -2.16. The summed E-state index contributed by atoms with van der Waals surface area (Å²) in [6.07, 6.45) is 0.996. The number of hydrogen-bond donors (Lipinski definition) is 1. The zero-order valence-corrected chi connectivity index (χ0v) is 15.8. The first-order valence-corrected chi connectivity index (χ1v) is 8.89. The van der Waals surface area contributed by atoms with Crippen molar-refractivity contribution >= 4 is 17.8 Å². The molecule has 0 bridgehead atoms. The first-order valence-electron chi connectivity index (χ1n) is 8.89. The van der Waals surface area contributed by atoms with E-state index in [0.717, 1.165) is 17.2 Å². The molecule has 2 aromatic rings. The molecule has 1 aromatic heterocycles. The average Bonchev–Trinajstić information content (AvgIpc) is 3.39. The monoisotopic (exact) mass is 400 g/mol. The molecule has 3 rings (SSSR count). The van der Waals surface area contributed by atoms with E-state index >= 15 is 0 Å². The Kier molecular flexibility index (Phi) is 6.69. The van der Waals surface area contributed by atoms with E-state index in [2.05, 4.69) is 27.2 Å². The lowest BCUT2D eigenvalue weighted by Gasteiger charge is -2.07. The topological polar surface area (TPSA) is 125 Å². The fourth-order valence-corrected chi connectivity index (χ4v) is 2.48. The average molecular weight is 400 g/mol. The predicted octanol–water partition coefficient (Wildman–Crippen LogP) is 2.03. The van der Waals surface area contributed by atoms with Gasteiger partial charge in [-0.25, -0.2) is 9.79 Å². The van der Waals surface area contributed by atoms with Crippen molar-refractivity contribution in [3.8, 4) is 11.4 Å². The third-order valence-corrected chi connectivity index (χ3v) is 3.85. The number of aromatic nitrogens is 2. The van der Waals surface area contributed by atoms with Gasteiger partial charge in [0, 0.05) is 25.0 Å². The third-order valence-electron chi connectivity index (χ3n) is 3.85. The van der Waals surface area contributed by atoms with Crippen LogP contribution < -0.4 is 5.48 Å². The Morgan fingerprint density at radius 1 is 1.31 bits per heavy atom. The smallest absolute Gasteiger partial charge is 0.330 e. The minimum atomic E-state index is -0.564. The number of carbonyl (C=O) groups is 2. The highest BCUT2D eigenvalue weighted by molar-refractivity contribution is 5.82. The van der Waals surface area contributed by atoms with Gasteiger partial charge in [0.05, 0.1) is 6.42 Å². The van der Waals surface area contributed by atoms with E-state index in [0.29, 0.717) is 17.6 Å². The molecule has 0 fully saturated rings. The summed E-state index contributed by atoms with van der Waals surface area (Å²) in [5.74, 6) is 0.368. The minimum Gasteiger partial charge on any atom is -0.462 e. The molecule has 29 heavy (non-hydrogen) atoms. The minimum absolute atomic E-state index is 0.0189. The van der Waals surface area contributed by atoms with Gasteiger partial charge in [-0.1, -0.05) is 29.9 Å². The van der Waals surface area contributed by atoms with Crippen molar-refractivity contribution in [1.82, 2.24) is 15.6 Å². The summed E-state index contributed by atoms with van der Waals surface area (Å²) in [6.45, 7) is 4.96. The van der Waals surface area contributed by atoms with Gasteiger partial charge in [-0.15, -0.1) is 5.48 Å². The van der Waals surface area contributed by atoms with Crippen LogP contribution in [-0.4, -0.2) is 41.2 Å². The van der Waals surface area contributed by atoms with Gasteiger partial charge in [-0.05, 0) is 11.6 Å². The molecule has 1 aliphatic heterocycles. The number of benzene rings is 1. The first kappa shape index (κ1) is 20.2. The third kappa shape index (κ3) is 5.72. The maximum Gasteiger partial charge on any atom is 0.330 e. The van der Waals surface area contributed by atoms with Crippen LogP contribution in [0.5, 0.6) is 0 Å². The summed E-state index contributed by atoms with van der Waals surface area (Å²) in [4.78, 5) is 36.6. The summed E-state index contributed by atoms with van der Waals surface area (Å²) < 4.78 is 14.7. The predicted molar refractivity (Wildman–Crippen MR) is 100 cm³/mol. The Balaban J connectivity index is 1.48. The highest BCUT2D eigenvalue weighted by Crippen LogP contribution is 2.24. The molecule has 152 valence electrons. The number of rotatable bonds is 9. The lowest BCUT2D eigenvalue weighted by molar-refractivity contribution is -0.149. The van der Waals surface area contributed by atoms with Crippen LogP contribution in [0, 0.1) is 6.92 Å². The van der Waals surface area contributed by atoms with Crippen molar-refractivity contribution < 1.29 is 28.4 Å². The molecule has 1 aliphatic rings. The molecule has 1 unspecified atom stereocenters. The van der Waals surface area contributed by atoms with Crippen LogP contribution in [0.25, 0.3) is 11.4 Å². The molecule has 1 aromatic carbocycles. The molecule has 0 saturated carbocycles. The summed E-state index contributed by atoms with van der Waals surface area (Å²) in [6, 6.07) is 7.51. The van der Waals surface area contributed by atoms with Crippen molar-refractivity contribution in [2.75, 3.05) is 13.2 Å². The van der Waals surface area contributed by atoms with E-state index in [4.69, 9.17) is 18.8 Å². The Morgan fingerprint density at radius 2 is 2.14 bits per heavy atom. The van der Waals surface area contributed by atoms with Crippen LogP contribution in [0.4, 0.5) is 0 Å². The molecular weight excluding hydrogens is 380 g/mol. The fraction of sp³-hybridized carbons (Fsp3) is 0.316. The molecule has 1 N–H and O–H groups in total. The maximum atomic E-state index is 11.7. The van der Waals surface area contributed by atoms with Crippen LogP contribution in [0.2, 0.25) is 0 Å². The quantitative estimate of drug-likeness (QED) is 0.382. The number of nitrogens with zero attached hydrogens (tertiary/aromatic N) is 3. The molecule has 10 nitrogen and oxygen atoms in total. The van der Waals surface area contributed by atoms with Gasteiger partial charge < -0.3 is 18.8 Å². The standard InChI is InChI=1S/C19H20N4O6/c1-3-16(24)26-9-10-27-17(25)8-7-15-21-19(23-29-15)14-6-4-5-13(11-14)18-20-12(2)28-22-18/h3-6,11,19,23H,1,7-10H2,2H3. The van der Waals surface area contributed by atoms with E-state index in [9.17, 15) is 9.59 Å². The van der Waals surface area contributed by atoms with Crippen molar-refractivity contribution in [2.24, 2.45) is 4.99 Å². The highest BCUT2D eigenvalue weighted by atomic mass is 16.7. The summed E-state index contributed by atoms with van der Waals surface area (Å²) >= 11 is 0. The second-order valence-electron chi connectivity index (χ2n) is 6.00. The molecule has 0 saturated heterocycles. The maximum absolute atomic E-state index is 11.7. The molecule has 0 radical (unpaired) electrons. The molecule has 0 amide bonds. The Morgan fingerprint density at radius 3 is 2.90 bits per heavy atom. The van der Waals surface area contributed by atoms with Crippen LogP contribution in [-0.2, 0) is 23.9 Å². The van der Waals surface area contributed by atoms with Crippen LogP contribution >= 0.6 is 0 Å². The van der Waals surface area contributed by atoms with E-state index in [-0.39, 0.29) is 26.1 Å². The van der Waals surface area contributed by atoms with E-state index in [1.807, 2.05) is 24.3 Å². The van der Waals surface area contributed by atoms with Crippen LogP contribution in [0.1, 0.15) is 30.5 Å². The second-order valence-corrected chi connectivity index (χ2v) is 6.00. The molecule has 1 atom stereocenters. The first-order chi connectivity index (χ1) is 14.0. The van der Waals surface area contributed by atoms with Gasteiger partial charge in [0.25, 0.3) is 0 Å². The van der Waals surface area contributed by atoms with Gasteiger partial charge in [0.2, 0.25) is 17.6 Å². The highest BCUT2D eigenvalue weighted by Gasteiger charge is 2.22. The number of hydrogen-bond acceptors (Lipinski definition) is 10. The normalized spacial score (nSPS) is 15.3. The van der Waals surface area contributed by atoms with Crippen molar-refractivity contribution in [3.63, 3.8) is 0 Å². The van der Waals surface area contributed by atoms with Crippen molar-refractivity contribution in [1.29, 1.82) is 0 Å². The number of carbonyl (C=O) groups excluding carboxylic acids is 2. The van der Waals surface area contributed by atoms with Crippen molar-refractivity contribution in [3.05, 3.63) is 48.4 Å². The number of hydroxylamine groups is 1. The van der Waals surface area contributed by atoms with Gasteiger partial charge in [-0.3, -0.25) is 4.79 Å². The van der Waals surface area contributed by atoms with Gasteiger partial charge in [0.1, 0.15) is 13.2 Å². The number of aryl methyl sites for hydroxylation is 1. The molecule has 0 aliphatic carbocycles. The fourth-order valence-electron chi connectivity index (χ4n) is 2.48. The Labute approximate surface area is 166 Å². The number of esters is 2.